The molecule has 5 rings (SSSR count). The summed E-state index contributed by atoms with van der Waals surface area (Å²) in [6.45, 7) is 2.82. The number of hydrogen-bond acceptors (Lipinski definition) is 4. The van der Waals surface area contributed by atoms with Crippen molar-refractivity contribution in [3.8, 4) is 5.75 Å². The third kappa shape index (κ3) is 3.04. The van der Waals surface area contributed by atoms with Gasteiger partial charge in [0.1, 0.15) is 5.75 Å². The van der Waals surface area contributed by atoms with Gasteiger partial charge < -0.3 is 9.47 Å². The molecule has 1 aromatic carbocycles. The molecule has 2 unspecified atom stereocenters. The van der Waals surface area contributed by atoms with Gasteiger partial charge in [-0.2, -0.15) is 0 Å². The van der Waals surface area contributed by atoms with Crippen molar-refractivity contribution in [1.82, 2.24) is 4.90 Å². The zero-order chi connectivity index (χ0) is 16.9. The number of piperidine rings is 1. The zero-order valence-corrected chi connectivity index (χ0v) is 15.6. The average Bonchev–Trinajstić information content (AvgIpc) is 3.02. The van der Waals surface area contributed by atoms with Crippen molar-refractivity contribution < 1.29 is 13.7 Å². The molecular formula is C20H27NO3S. The van der Waals surface area contributed by atoms with Crippen LogP contribution in [-0.2, 0) is 22.1 Å². The molecule has 4 aliphatic rings. The van der Waals surface area contributed by atoms with Crippen LogP contribution in [0.3, 0.4) is 0 Å². The standard InChI is InChI=1S/C20H27NO3S/c22-25-11-6-16(14-25)15-4-5-19-17(12-15)13-23-20(24-19)7-9-21(10-8-20)18-2-1-3-18/h4-5,12,16,18H,1-3,6-11,13-14H2. The first kappa shape index (κ1) is 16.3. The van der Waals surface area contributed by atoms with E-state index in [1.54, 1.807) is 0 Å². The Morgan fingerprint density at radius 2 is 2.00 bits per heavy atom. The number of benzene rings is 1. The van der Waals surface area contributed by atoms with E-state index in [-0.39, 0.29) is 0 Å². The Morgan fingerprint density at radius 3 is 2.68 bits per heavy atom. The van der Waals surface area contributed by atoms with Crippen molar-refractivity contribution in [3.05, 3.63) is 29.3 Å². The molecule has 1 saturated carbocycles. The number of likely N-dealkylation sites (tertiary alicyclic amines) is 1. The molecule has 4 nitrogen and oxygen atoms in total. The maximum atomic E-state index is 11.7. The molecule has 1 spiro atoms. The molecule has 1 aliphatic carbocycles. The third-order valence-corrected chi connectivity index (χ3v) is 8.04. The highest BCUT2D eigenvalue weighted by Gasteiger charge is 2.42. The van der Waals surface area contributed by atoms with Crippen molar-refractivity contribution in [1.29, 1.82) is 0 Å². The Labute approximate surface area is 152 Å². The van der Waals surface area contributed by atoms with E-state index in [9.17, 15) is 4.21 Å². The van der Waals surface area contributed by atoms with Gasteiger partial charge in [0, 0.05) is 59.8 Å². The first-order valence-corrected chi connectivity index (χ1v) is 11.2. The summed E-state index contributed by atoms with van der Waals surface area (Å²) in [4.78, 5) is 2.63. The van der Waals surface area contributed by atoms with Crippen LogP contribution >= 0.6 is 0 Å². The van der Waals surface area contributed by atoms with E-state index in [2.05, 4.69) is 23.1 Å². The summed E-state index contributed by atoms with van der Waals surface area (Å²) in [5.74, 6) is 2.67. The van der Waals surface area contributed by atoms with E-state index in [1.165, 1.54) is 24.8 Å². The second kappa shape index (κ2) is 6.36. The predicted octanol–water partition coefficient (Wildman–Crippen LogP) is 3.18. The van der Waals surface area contributed by atoms with Gasteiger partial charge in [-0.3, -0.25) is 9.11 Å². The summed E-state index contributed by atoms with van der Waals surface area (Å²) in [5, 5.41) is 0. The minimum Gasteiger partial charge on any atom is -0.462 e. The topological polar surface area (TPSA) is 38.8 Å². The largest absolute Gasteiger partial charge is 0.462 e. The number of ether oxygens (including phenoxy) is 2. The Bertz CT molecular complexity index is 680. The molecule has 0 amide bonds. The van der Waals surface area contributed by atoms with Gasteiger partial charge in [0.25, 0.3) is 0 Å². The van der Waals surface area contributed by atoms with Crippen molar-refractivity contribution in [3.63, 3.8) is 0 Å². The molecule has 2 atom stereocenters. The lowest BCUT2D eigenvalue weighted by molar-refractivity contribution is -0.231. The Hall–Kier alpha value is -0.910. The maximum absolute atomic E-state index is 11.7. The van der Waals surface area contributed by atoms with Crippen LogP contribution in [0.15, 0.2) is 18.2 Å². The monoisotopic (exact) mass is 361 g/mol. The molecule has 1 aromatic rings. The van der Waals surface area contributed by atoms with Crippen molar-refractivity contribution in [2.75, 3.05) is 24.6 Å². The van der Waals surface area contributed by atoms with Gasteiger partial charge in [-0.25, -0.2) is 0 Å². The minimum atomic E-state index is -0.635. The molecular weight excluding hydrogens is 334 g/mol. The van der Waals surface area contributed by atoms with Crippen LogP contribution in [-0.4, -0.2) is 45.5 Å². The zero-order valence-electron chi connectivity index (χ0n) is 14.7. The molecule has 136 valence electrons. The first-order valence-electron chi connectivity index (χ1n) is 9.76. The summed E-state index contributed by atoms with van der Waals surface area (Å²) >= 11 is 0. The highest BCUT2D eigenvalue weighted by Crippen LogP contribution is 2.40. The molecule has 3 fully saturated rings. The fraction of sp³-hybridized carbons (Fsp3) is 0.700. The Kier molecular flexibility index (Phi) is 4.14. The van der Waals surface area contributed by atoms with Gasteiger partial charge in [0.05, 0.1) is 6.61 Å². The molecule has 2 saturated heterocycles. The molecule has 5 heteroatoms. The normalized spacial score (nSPS) is 32.2. The smallest absolute Gasteiger partial charge is 0.213 e. The van der Waals surface area contributed by atoms with Gasteiger partial charge in [0.15, 0.2) is 0 Å². The Balaban J connectivity index is 1.28. The predicted molar refractivity (Wildman–Crippen MR) is 98.3 cm³/mol. The third-order valence-electron chi connectivity index (χ3n) is 6.57. The molecule has 0 radical (unpaired) electrons. The number of nitrogens with zero attached hydrogens (tertiary/aromatic N) is 1. The summed E-state index contributed by atoms with van der Waals surface area (Å²) in [5.41, 5.74) is 2.45. The molecule has 3 heterocycles. The van der Waals surface area contributed by atoms with E-state index in [1.807, 2.05) is 0 Å². The van der Waals surface area contributed by atoms with Gasteiger partial charge in [-0.1, -0.05) is 12.5 Å². The summed E-state index contributed by atoms with van der Waals surface area (Å²) < 4.78 is 24.3. The van der Waals surface area contributed by atoms with Crippen LogP contribution in [0.5, 0.6) is 5.75 Å². The van der Waals surface area contributed by atoms with E-state index in [4.69, 9.17) is 9.47 Å². The summed E-state index contributed by atoms with van der Waals surface area (Å²) in [6.07, 6.45) is 7.09. The van der Waals surface area contributed by atoms with Crippen molar-refractivity contribution in [2.45, 2.75) is 62.9 Å². The minimum absolute atomic E-state index is 0.413. The first-order chi connectivity index (χ1) is 12.2. The van der Waals surface area contributed by atoms with Crippen LogP contribution in [0, 0.1) is 0 Å². The summed E-state index contributed by atoms with van der Waals surface area (Å²) in [7, 11) is -0.635. The van der Waals surface area contributed by atoms with Crippen molar-refractivity contribution >= 4 is 10.8 Å². The second-order valence-electron chi connectivity index (χ2n) is 8.09. The lowest BCUT2D eigenvalue weighted by atomic mass is 9.89. The van der Waals surface area contributed by atoms with Crippen LogP contribution in [0.4, 0.5) is 0 Å². The lowest BCUT2D eigenvalue weighted by Crippen LogP contribution is -2.54. The van der Waals surface area contributed by atoms with Crippen LogP contribution in [0.1, 0.15) is 55.6 Å². The van der Waals surface area contributed by atoms with Gasteiger partial charge >= 0.3 is 0 Å². The number of fused-ring (bicyclic) bond motifs is 1. The number of hydrogen-bond donors (Lipinski definition) is 0. The van der Waals surface area contributed by atoms with Gasteiger partial charge in [-0.05, 0) is 42.9 Å². The van der Waals surface area contributed by atoms with Gasteiger partial charge in [-0.15, -0.1) is 0 Å². The van der Waals surface area contributed by atoms with E-state index in [0.717, 1.165) is 61.2 Å². The van der Waals surface area contributed by atoms with E-state index < -0.39 is 16.6 Å². The molecule has 25 heavy (non-hydrogen) atoms. The quantitative estimate of drug-likeness (QED) is 0.811. The Morgan fingerprint density at radius 1 is 1.16 bits per heavy atom. The SMILES string of the molecule is O=S1CCC(c2ccc3c(c2)COC2(CCN(C4CCC4)CC2)O3)C1. The van der Waals surface area contributed by atoms with Crippen LogP contribution < -0.4 is 4.74 Å². The number of rotatable bonds is 2. The van der Waals surface area contributed by atoms with Crippen molar-refractivity contribution in [2.24, 2.45) is 0 Å². The molecule has 3 aliphatic heterocycles. The summed E-state index contributed by atoms with van der Waals surface area (Å²) in [6, 6.07) is 7.33. The van der Waals surface area contributed by atoms with Crippen LogP contribution in [0.25, 0.3) is 0 Å². The van der Waals surface area contributed by atoms with E-state index >= 15 is 0 Å². The molecule has 0 aromatic heterocycles. The highest BCUT2D eigenvalue weighted by atomic mass is 32.2. The average molecular weight is 362 g/mol. The fourth-order valence-electron chi connectivity index (χ4n) is 4.66. The molecule has 0 bridgehead atoms. The fourth-order valence-corrected chi connectivity index (χ4v) is 6.18. The lowest BCUT2D eigenvalue weighted by Gasteiger charge is -2.47. The van der Waals surface area contributed by atoms with Crippen LogP contribution in [0.2, 0.25) is 0 Å². The molecule has 0 N–H and O–H groups in total. The highest BCUT2D eigenvalue weighted by molar-refractivity contribution is 7.85. The van der Waals surface area contributed by atoms with Gasteiger partial charge in [0.2, 0.25) is 5.79 Å². The second-order valence-corrected chi connectivity index (χ2v) is 9.71. The van der Waals surface area contributed by atoms with E-state index in [0.29, 0.717) is 12.5 Å². The maximum Gasteiger partial charge on any atom is 0.213 e.